The molecule has 1 unspecified atom stereocenters. The van der Waals surface area contributed by atoms with E-state index in [4.69, 9.17) is 11.6 Å². The second-order valence-corrected chi connectivity index (χ2v) is 3.46. The van der Waals surface area contributed by atoms with E-state index in [1.807, 2.05) is 31.0 Å². The molecule has 0 radical (unpaired) electrons. The van der Waals surface area contributed by atoms with Crippen LogP contribution in [0.25, 0.3) is 0 Å². The Morgan fingerprint density at radius 1 is 1.46 bits per heavy atom. The summed E-state index contributed by atoms with van der Waals surface area (Å²) in [7, 11) is 1.96. The molecule has 3 nitrogen and oxygen atoms in total. The van der Waals surface area contributed by atoms with Gasteiger partial charge in [0.15, 0.2) is 5.82 Å². The molecular formula is C9H14ClN3. The highest BCUT2D eigenvalue weighted by Gasteiger charge is 2.09. The molecule has 1 aromatic rings. The predicted octanol–water partition coefficient (Wildman–Crippen LogP) is 1.85. The van der Waals surface area contributed by atoms with Gasteiger partial charge >= 0.3 is 0 Å². The molecule has 0 saturated heterocycles. The topological polar surface area (TPSA) is 29.0 Å². The maximum absolute atomic E-state index is 5.74. The summed E-state index contributed by atoms with van der Waals surface area (Å²) in [6.07, 6.45) is 0. The molecular weight excluding hydrogens is 186 g/mol. The van der Waals surface area contributed by atoms with Crippen molar-refractivity contribution in [3.63, 3.8) is 0 Å². The number of halogens is 1. The van der Waals surface area contributed by atoms with Crippen molar-refractivity contribution in [3.05, 3.63) is 17.8 Å². The van der Waals surface area contributed by atoms with E-state index in [0.29, 0.717) is 5.88 Å². The van der Waals surface area contributed by atoms with Gasteiger partial charge in [0.1, 0.15) is 0 Å². The molecule has 0 saturated carbocycles. The van der Waals surface area contributed by atoms with E-state index in [0.717, 1.165) is 11.5 Å². The van der Waals surface area contributed by atoms with Crippen LogP contribution < -0.4 is 4.90 Å². The van der Waals surface area contributed by atoms with Crippen molar-refractivity contribution in [2.24, 2.45) is 0 Å². The first kappa shape index (κ1) is 10.3. The van der Waals surface area contributed by atoms with E-state index in [1.54, 1.807) is 0 Å². The Kier molecular flexibility index (Phi) is 3.48. The zero-order chi connectivity index (χ0) is 9.84. The highest BCUT2D eigenvalue weighted by molar-refractivity contribution is 6.18. The molecule has 0 aliphatic carbocycles. The number of anilines is 1. The molecule has 72 valence electrons. The minimum Gasteiger partial charge on any atom is -0.354 e. The third kappa shape index (κ3) is 2.56. The first-order valence-corrected chi connectivity index (χ1v) is 4.77. The summed E-state index contributed by atoms with van der Waals surface area (Å²) in [5, 5.41) is 8.05. The van der Waals surface area contributed by atoms with E-state index in [1.165, 1.54) is 0 Å². The molecule has 0 N–H and O–H groups in total. The van der Waals surface area contributed by atoms with Gasteiger partial charge in [-0.3, -0.25) is 0 Å². The van der Waals surface area contributed by atoms with Crippen molar-refractivity contribution in [2.75, 3.05) is 17.8 Å². The van der Waals surface area contributed by atoms with Crippen LogP contribution in [0, 0.1) is 6.92 Å². The highest BCUT2D eigenvalue weighted by atomic mass is 35.5. The fraction of sp³-hybridized carbons (Fsp3) is 0.556. The lowest BCUT2D eigenvalue weighted by atomic mass is 10.3. The van der Waals surface area contributed by atoms with Gasteiger partial charge in [0.25, 0.3) is 0 Å². The van der Waals surface area contributed by atoms with Crippen LogP contribution in [0.5, 0.6) is 0 Å². The molecule has 1 atom stereocenters. The van der Waals surface area contributed by atoms with E-state index in [2.05, 4.69) is 17.1 Å². The normalized spacial score (nSPS) is 12.6. The van der Waals surface area contributed by atoms with Crippen LogP contribution in [0.3, 0.4) is 0 Å². The van der Waals surface area contributed by atoms with Gasteiger partial charge in [-0.15, -0.1) is 16.7 Å². The molecule has 1 rings (SSSR count). The largest absolute Gasteiger partial charge is 0.354 e. The van der Waals surface area contributed by atoms with Crippen molar-refractivity contribution in [1.82, 2.24) is 10.2 Å². The molecule has 4 heteroatoms. The predicted molar refractivity (Wildman–Crippen MR) is 55.4 cm³/mol. The summed E-state index contributed by atoms with van der Waals surface area (Å²) in [4.78, 5) is 2.01. The van der Waals surface area contributed by atoms with Crippen molar-refractivity contribution in [1.29, 1.82) is 0 Å². The van der Waals surface area contributed by atoms with Gasteiger partial charge in [-0.2, -0.15) is 5.10 Å². The molecule has 0 spiro atoms. The lowest BCUT2D eigenvalue weighted by Gasteiger charge is -2.23. The van der Waals surface area contributed by atoms with E-state index in [-0.39, 0.29) is 6.04 Å². The Morgan fingerprint density at radius 3 is 2.62 bits per heavy atom. The molecule has 0 amide bonds. The van der Waals surface area contributed by atoms with Gasteiger partial charge in [-0.05, 0) is 26.0 Å². The minimum absolute atomic E-state index is 0.277. The molecule has 0 aromatic carbocycles. The number of hydrogen-bond acceptors (Lipinski definition) is 3. The Balaban J connectivity index is 2.77. The fourth-order valence-corrected chi connectivity index (χ4v) is 1.12. The zero-order valence-corrected chi connectivity index (χ0v) is 8.91. The van der Waals surface area contributed by atoms with Gasteiger partial charge < -0.3 is 4.90 Å². The Bertz CT molecular complexity index is 260. The molecule has 0 bridgehead atoms. The maximum atomic E-state index is 5.74. The van der Waals surface area contributed by atoms with Crippen molar-refractivity contribution in [2.45, 2.75) is 19.9 Å². The second kappa shape index (κ2) is 4.42. The number of nitrogens with zero attached hydrogens (tertiary/aromatic N) is 3. The lowest BCUT2D eigenvalue weighted by molar-refractivity contribution is 0.737. The summed E-state index contributed by atoms with van der Waals surface area (Å²) in [5.74, 6) is 1.45. The van der Waals surface area contributed by atoms with Crippen molar-refractivity contribution >= 4 is 17.4 Å². The highest BCUT2D eigenvalue weighted by Crippen LogP contribution is 2.11. The number of aromatic nitrogens is 2. The van der Waals surface area contributed by atoms with Crippen LogP contribution in [-0.2, 0) is 0 Å². The van der Waals surface area contributed by atoms with Crippen LogP contribution in [-0.4, -0.2) is 29.2 Å². The summed E-state index contributed by atoms with van der Waals surface area (Å²) < 4.78 is 0. The molecule has 1 aromatic heterocycles. The summed E-state index contributed by atoms with van der Waals surface area (Å²) in [6, 6.07) is 4.17. The van der Waals surface area contributed by atoms with Crippen LogP contribution in [0.4, 0.5) is 5.82 Å². The third-order valence-corrected chi connectivity index (χ3v) is 2.48. The SMILES string of the molecule is Cc1ccc(N(C)C(C)CCl)nn1. The maximum Gasteiger partial charge on any atom is 0.151 e. The first-order chi connectivity index (χ1) is 6.15. The van der Waals surface area contributed by atoms with E-state index < -0.39 is 0 Å². The number of alkyl halides is 1. The smallest absolute Gasteiger partial charge is 0.151 e. The van der Waals surface area contributed by atoms with Crippen LogP contribution in [0.15, 0.2) is 12.1 Å². The number of rotatable bonds is 3. The molecule has 0 fully saturated rings. The van der Waals surface area contributed by atoms with Gasteiger partial charge in [0.05, 0.1) is 5.69 Å². The van der Waals surface area contributed by atoms with Crippen LogP contribution >= 0.6 is 11.6 Å². The third-order valence-electron chi connectivity index (χ3n) is 2.03. The average Bonchev–Trinajstić information content (AvgIpc) is 2.17. The quantitative estimate of drug-likeness (QED) is 0.696. The van der Waals surface area contributed by atoms with Gasteiger partial charge in [-0.1, -0.05) is 0 Å². The summed E-state index contributed by atoms with van der Waals surface area (Å²) in [6.45, 7) is 3.97. The average molecular weight is 200 g/mol. The minimum atomic E-state index is 0.277. The molecule has 13 heavy (non-hydrogen) atoms. The lowest BCUT2D eigenvalue weighted by Crippen LogP contribution is -2.31. The van der Waals surface area contributed by atoms with Crippen LogP contribution in [0.1, 0.15) is 12.6 Å². The van der Waals surface area contributed by atoms with Gasteiger partial charge in [0.2, 0.25) is 0 Å². The molecule has 1 heterocycles. The Hall–Kier alpha value is -0.830. The molecule has 0 aliphatic rings. The Labute approximate surface area is 83.7 Å². The first-order valence-electron chi connectivity index (χ1n) is 4.24. The van der Waals surface area contributed by atoms with Crippen molar-refractivity contribution < 1.29 is 0 Å². The van der Waals surface area contributed by atoms with Crippen molar-refractivity contribution in [3.8, 4) is 0 Å². The zero-order valence-electron chi connectivity index (χ0n) is 8.16. The standard InChI is InChI=1S/C9H14ClN3/c1-7-4-5-9(12-11-7)13(3)8(2)6-10/h4-5,8H,6H2,1-3H3. The second-order valence-electron chi connectivity index (χ2n) is 3.15. The van der Waals surface area contributed by atoms with E-state index >= 15 is 0 Å². The van der Waals surface area contributed by atoms with Crippen LogP contribution in [0.2, 0.25) is 0 Å². The number of hydrogen-bond donors (Lipinski definition) is 0. The van der Waals surface area contributed by atoms with Gasteiger partial charge in [0, 0.05) is 19.0 Å². The monoisotopic (exact) mass is 199 g/mol. The summed E-state index contributed by atoms with van der Waals surface area (Å²) in [5.41, 5.74) is 0.927. The Morgan fingerprint density at radius 2 is 2.15 bits per heavy atom. The summed E-state index contributed by atoms with van der Waals surface area (Å²) >= 11 is 5.74. The van der Waals surface area contributed by atoms with Gasteiger partial charge in [-0.25, -0.2) is 0 Å². The fourth-order valence-electron chi connectivity index (χ4n) is 0.909. The van der Waals surface area contributed by atoms with E-state index in [9.17, 15) is 0 Å². The number of aryl methyl sites for hydroxylation is 1. The molecule has 0 aliphatic heterocycles.